The lowest BCUT2D eigenvalue weighted by molar-refractivity contribution is -0.142. The van der Waals surface area contributed by atoms with E-state index < -0.39 is 6.04 Å². The lowest BCUT2D eigenvalue weighted by Gasteiger charge is -2.37. The number of morpholine rings is 1. The molecule has 1 heterocycles. The first-order chi connectivity index (χ1) is 9.27. The van der Waals surface area contributed by atoms with E-state index in [-0.39, 0.29) is 24.4 Å². The van der Waals surface area contributed by atoms with Gasteiger partial charge in [0, 0.05) is 6.54 Å². The number of halogens is 1. The van der Waals surface area contributed by atoms with E-state index in [0.717, 1.165) is 5.56 Å². The van der Waals surface area contributed by atoms with Gasteiger partial charge in [-0.25, -0.2) is 0 Å². The van der Waals surface area contributed by atoms with Crippen LogP contribution in [0.1, 0.15) is 24.4 Å². The Labute approximate surface area is 125 Å². The van der Waals surface area contributed by atoms with E-state index in [9.17, 15) is 4.79 Å². The molecule has 2 N–H and O–H groups in total. The van der Waals surface area contributed by atoms with Crippen LogP contribution in [0.15, 0.2) is 30.3 Å². The highest BCUT2D eigenvalue weighted by Gasteiger charge is 2.40. The van der Waals surface area contributed by atoms with Crippen molar-refractivity contribution in [3.63, 3.8) is 0 Å². The summed E-state index contributed by atoms with van der Waals surface area (Å²) in [5, 5.41) is 0. The molecule has 20 heavy (non-hydrogen) atoms. The van der Waals surface area contributed by atoms with E-state index in [0.29, 0.717) is 25.7 Å². The zero-order valence-corrected chi connectivity index (χ0v) is 12.2. The smallest absolute Gasteiger partial charge is 0.244 e. The fourth-order valence-corrected chi connectivity index (χ4v) is 2.75. The predicted octanol–water partition coefficient (Wildman–Crippen LogP) is 1.75. The molecule has 1 aliphatic heterocycles. The van der Waals surface area contributed by atoms with Gasteiger partial charge in [0.1, 0.15) is 6.04 Å². The summed E-state index contributed by atoms with van der Waals surface area (Å²) in [4.78, 5) is 14.5. The molecule has 1 saturated carbocycles. The summed E-state index contributed by atoms with van der Waals surface area (Å²) < 4.78 is 5.51. The van der Waals surface area contributed by atoms with Crippen LogP contribution in [-0.2, 0) is 9.53 Å². The Morgan fingerprint density at radius 1 is 1.30 bits per heavy atom. The number of amides is 1. The normalized spacial score (nSPS) is 23.9. The first kappa shape index (κ1) is 15.3. The quantitative estimate of drug-likeness (QED) is 0.924. The number of hydrogen-bond acceptors (Lipinski definition) is 3. The number of rotatable bonds is 3. The minimum absolute atomic E-state index is 0. The molecule has 2 unspecified atom stereocenters. The van der Waals surface area contributed by atoms with E-state index >= 15 is 0 Å². The van der Waals surface area contributed by atoms with Crippen molar-refractivity contribution < 1.29 is 9.53 Å². The minimum atomic E-state index is -0.555. The fourth-order valence-electron chi connectivity index (χ4n) is 2.75. The number of carbonyl (C=O) groups excluding carboxylic acids is 1. The Bertz CT molecular complexity index is 450. The highest BCUT2D eigenvalue weighted by Crippen LogP contribution is 2.37. The molecule has 4 nitrogen and oxygen atoms in total. The third kappa shape index (κ3) is 3.14. The van der Waals surface area contributed by atoms with Gasteiger partial charge in [0.2, 0.25) is 5.91 Å². The average Bonchev–Trinajstić information content (AvgIpc) is 3.31. The maximum absolute atomic E-state index is 12.6. The number of benzene rings is 1. The second kappa shape index (κ2) is 6.57. The van der Waals surface area contributed by atoms with Gasteiger partial charge in [-0.3, -0.25) is 4.79 Å². The number of carbonyl (C=O) groups is 1. The molecule has 2 atom stereocenters. The summed E-state index contributed by atoms with van der Waals surface area (Å²) in [5.41, 5.74) is 7.00. The number of nitrogens with two attached hydrogens (primary N) is 1. The Morgan fingerprint density at radius 3 is 2.65 bits per heavy atom. The summed E-state index contributed by atoms with van der Waals surface area (Å²) in [7, 11) is 0. The van der Waals surface area contributed by atoms with Gasteiger partial charge in [-0.15, -0.1) is 12.4 Å². The summed E-state index contributed by atoms with van der Waals surface area (Å²) in [6, 6.07) is 9.27. The first-order valence-electron chi connectivity index (χ1n) is 6.96. The molecular weight excluding hydrogens is 276 g/mol. The highest BCUT2D eigenvalue weighted by atomic mass is 35.5. The van der Waals surface area contributed by atoms with E-state index in [1.165, 1.54) is 12.8 Å². The maximum Gasteiger partial charge on any atom is 0.244 e. The van der Waals surface area contributed by atoms with Crippen LogP contribution in [0.4, 0.5) is 0 Å². The van der Waals surface area contributed by atoms with Crippen molar-refractivity contribution in [2.75, 3.05) is 19.8 Å². The maximum atomic E-state index is 12.6. The second-order valence-electron chi connectivity index (χ2n) is 5.40. The highest BCUT2D eigenvalue weighted by molar-refractivity contribution is 5.85. The van der Waals surface area contributed by atoms with Crippen LogP contribution >= 0.6 is 12.4 Å². The fraction of sp³-hybridized carbons (Fsp3) is 0.533. The molecule has 1 aliphatic carbocycles. The van der Waals surface area contributed by atoms with Gasteiger partial charge in [0.15, 0.2) is 0 Å². The van der Waals surface area contributed by atoms with E-state index in [2.05, 4.69) is 0 Å². The first-order valence-corrected chi connectivity index (χ1v) is 6.96. The van der Waals surface area contributed by atoms with Crippen molar-refractivity contribution in [2.45, 2.75) is 24.9 Å². The molecule has 2 fully saturated rings. The molecule has 0 aromatic heterocycles. The average molecular weight is 297 g/mol. The molecule has 0 bridgehead atoms. The monoisotopic (exact) mass is 296 g/mol. The summed E-state index contributed by atoms with van der Waals surface area (Å²) >= 11 is 0. The molecule has 110 valence electrons. The molecule has 2 aliphatic rings. The van der Waals surface area contributed by atoms with Crippen LogP contribution in [-0.4, -0.2) is 36.6 Å². The van der Waals surface area contributed by atoms with E-state index in [4.69, 9.17) is 10.5 Å². The predicted molar refractivity (Wildman–Crippen MR) is 79.7 cm³/mol. The molecule has 5 heteroatoms. The van der Waals surface area contributed by atoms with Crippen LogP contribution in [0.5, 0.6) is 0 Å². The van der Waals surface area contributed by atoms with Crippen molar-refractivity contribution >= 4 is 18.3 Å². The number of ether oxygens (including phenoxy) is 1. The number of nitrogens with zero attached hydrogens (tertiary/aromatic N) is 1. The van der Waals surface area contributed by atoms with E-state index in [1.54, 1.807) is 0 Å². The van der Waals surface area contributed by atoms with Crippen molar-refractivity contribution in [1.29, 1.82) is 0 Å². The van der Waals surface area contributed by atoms with Gasteiger partial charge < -0.3 is 15.4 Å². The van der Waals surface area contributed by atoms with Crippen LogP contribution in [0.25, 0.3) is 0 Å². The summed E-state index contributed by atoms with van der Waals surface area (Å²) in [5.74, 6) is 0.652. The Kier molecular flexibility index (Phi) is 5.02. The lowest BCUT2D eigenvalue weighted by atomic mass is 10.0. The van der Waals surface area contributed by atoms with Gasteiger partial charge in [-0.1, -0.05) is 30.3 Å². The largest absolute Gasteiger partial charge is 0.377 e. The van der Waals surface area contributed by atoms with Gasteiger partial charge >= 0.3 is 0 Å². The van der Waals surface area contributed by atoms with Crippen LogP contribution in [0, 0.1) is 5.92 Å². The van der Waals surface area contributed by atoms with Crippen molar-refractivity contribution in [2.24, 2.45) is 11.7 Å². The standard InChI is InChI=1S/C15H20N2O2.ClH/c16-14(12-4-2-1-3-5-12)15(18)17-8-9-19-10-13(17)11-6-7-11;/h1-5,11,13-14H,6-10,16H2;1H. The second-order valence-corrected chi connectivity index (χ2v) is 5.40. The molecule has 1 aromatic rings. The van der Waals surface area contributed by atoms with Crippen molar-refractivity contribution in [3.8, 4) is 0 Å². The van der Waals surface area contributed by atoms with Crippen LogP contribution in [0.3, 0.4) is 0 Å². The zero-order chi connectivity index (χ0) is 13.2. The molecule has 0 radical (unpaired) electrons. The third-order valence-electron chi connectivity index (χ3n) is 4.04. The van der Waals surface area contributed by atoms with Gasteiger partial charge in [-0.2, -0.15) is 0 Å². The molecule has 1 saturated heterocycles. The van der Waals surface area contributed by atoms with Crippen LogP contribution < -0.4 is 5.73 Å². The lowest BCUT2D eigenvalue weighted by Crippen LogP contribution is -2.52. The number of hydrogen-bond donors (Lipinski definition) is 1. The Hall–Kier alpha value is -1.10. The Morgan fingerprint density at radius 2 is 2.00 bits per heavy atom. The van der Waals surface area contributed by atoms with Crippen molar-refractivity contribution in [3.05, 3.63) is 35.9 Å². The third-order valence-corrected chi connectivity index (χ3v) is 4.04. The Balaban J connectivity index is 0.00000147. The van der Waals surface area contributed by atoms with E-state index in [1.807, 2.05) is 35.2 Å². The molecule has 3 rings (SSSR count). The van der Waals surface area contributed by atoms with Crippen molar-refractivity contribution in [1.82, 2.24) is 4.90 Å². The minimum Gasteiger partial charge on any atom is -0.377 e. The molecule has 0 spiro atoms. The topological polar surface area (TPSA) is 55.6 Å². The summed E-state index contributed by atoms with van der Waals surface area (Å²) in [6.45, 7) is 1.95. The molecule has 1 aromatic carbocycles. The van der Waals surface area contributed by atoms with Gasteiger partial charge in [-0.05, 0) is 24.3 Å². The SMILES string of the molecule is Cl.NC(C(=O)N1CCOCC1C1CC1)c1ccccc1. The zero-order valence-electron chi connectivity index (χ0n) is 11.4. The molecule has 1 amide bonds. The molecular formula is C15H21ClN2O2. The van der Waals surface area contributed by atoms with Gasteiger partial charge in [0.05, 0.1) is 19.3 Å². The van der Waals surface area contributed by atoms with Crippen LogP contribution in [0.2, 0.25) is 0 Å². The van der Waals surface area contributed by atoms with Gasteiger partial charge in [0.25, 0.3) is 0 Å². The summed E-state index contributed by atoms with van der Waals surface area (Å²) in [6.07, 6.45) is 2.41.